The van der Waals surface area contributed by atoms with Crippen LogP contribution in [0.5, 0.6) is 0 Å². The number of cyclic esters (lactones) is 1. The average molecular weight is 337 g/mol. The summed E-state index contributed by atoms with van der Waals surface area (Å²) in [5.74, 6) is -0.377. The highest BCUT2D eigenvalue weighted by Crippen LogP contribution is 2.24. The van der Waals surface area contributed by atoms with E-state index < -0.39 is 12.2 Å². The van der Waals surface area contributed by atoms with Gasteiger partial charge in [0.15, 0.2) is 0 Å². The van der Waals surface area contributed by atoms with Gasteiger partial charge < -0.3 is 9.84 Å². The Balaban J connectivity index is 2.24. The fraction of sp³-hybridized carbons (Fsp3) is 0.300. The first kappa shape index (κ1) is 11.6. The maximum Gasteiger partial charge on any atom is 0.414 e. The monoisotopic (exact) mass is 337 g/mol. The molecule has 1 aromatic carbocycles. The number of benzene rings is 1. The van der Waals surface area contributed by atoms with E-state index in [1.165, 1.54) is 11.0 Å². The molecule has 1 saturated heterocycles. The molecule has 1 N–H and O–H groups in total. The highest BCUT2D eigenvalue weighted by atomic mass is 127. The number of carbonyl (C=O) groups excluding carboxylic acids is 1. The van der Waals surface area contributed by atoms with Gasteiger partial charge in [0, 0.05) is 3.57 Å². The summed E-state index contributed by atoms with van der Waals surface area (Å²) in [7, 11) is 0. The van der Waals surface area contributed by atoms with Gasteiger partial charge in [0.1, 0.15) is 11.9 Å². The molecule has 0 spiro atoms. The molecule has 1 aliphatic heterocycles. The van der Waals surface area contributed by atoms with Gasteiger partial charge in [-0.1, -0.05) is 0 Å². The molecular weight excluding hydrogens is 328 g/mol. The fourth-order valence-electron chi connectivity index (χ4n) is 1.48. The summed E-state index contributed by atoms with van der Waals surface area (Å²) in [5.41, 5.74) is 0.443. The van der Waals surface area contributed by atoms with Gasteiger partial charge in [-0.25, -0.2) is 9.18 Å². The van der Waals surface area contributed by atoms with Gasteiger partial charge in [0.25, 0.3) is 0 Å². The molecule has 1 aromatic rings. The second kappa shape index (κ2) is 4.54. The molecule has 1 unspecified atom stereocenters. The van der Waals surface area contributed by atoms with Crippen molar-refractivity contribution in [3.63, 3.8) is 0 Å². The van der Waals surface area contributed by atoms with E-state index in [0.29, 0.717) is 9.26 Å². The van der Waals surface area contributed by atoms with Crippen molar-refractivity contribution in [1.29, 1.82) is 0 Å². The third-order valence-corrected chi connectivity index (χ3v) is 3.17. The first-order valence-electron chi connectivity index (χ1n) is 4.66. The molecule has 0 aromatic heterocycles. The van der Waals surface area contributed by atoms with E-state index in [1.807, 2.05) is 22.6 Å². The highest BCUT2D eigenvalue weighted by molar-refractivity contribution is 14.1. The second-order valence-corrected chi connectivity index (χ2v) is 4.56. The molecule has 0 radical (unpaired) electrons. The number of halogens is 2. The van der Waals surface area contributed by atoms with Crippen LogP contribution in [-0.2, 0) is 4.74 Å². The van der Waals surface area contributed by atoms with Crippen LogP contribution in [0.15, 0.2) is 18.2 Å². The number of amides is 1. The van der Waals surface area contributed by atoms with Crippen molar-refractivity contribution in [2.45, 2.75) is 6.10 Å². The zero-order valence-electron chi connectivity index (χ0n) is 8.19. The molecule has 1 heterocycles. The summed E-state index contributed by atoms with van der Waals surface area (Å²) in [6, 6.07) is 4.51. The number of carbonyl (C=O) groups is 1. The number of nitrogens with zero attached hydrogens (tertiary/aromatic N) is 1. The Hall–Kier alpha value is -0.890. The normalized spacial score (nSPS) is 20.1. The van der Waals surface area contributed by atoms with Gasteiger partial charge in [-0.05, 0) is 40.8 Å². The standard InChI is InChI=1S/C10H9FINO3/c11-8-3-6(1-2-9(8)12)13-4-7(5-14)16-10(13)15/h1-3,7,14H,4-5H2. The van der Waals surface area contributed by atoms with Gasteiger partial charge in [-0.3, -0.25) is 4.90 Å². The van der Waals surface area contributed by atoms with Gasteiger partial charge in [-0.15, -0.1) is 0 Å². The van der Waals surface area contributed by atoms with Crippen LogP contribution in [0.3, 0.4) is 0 Å². The first-order valence-corrected chi connectivity index (χ1v) is 5.73. The predicted octanol–water partition coefficient (Wildman–Crippen LogP) is 1.75. The van der Waals surface area contributed by atoms with Crippen LogP contribution in [-0.4, -0.2) is 30.5 Å². The minimum absolute atomic E-state index is 0.227. The van der Waals surface area contributed by atoms with E-state index in [1.54, 1.807) is 12.1 Å². The van der Waals surface area contributed by atoms with Crippen LogP contribution in [0, 0.1) is 9.39 Å². The summed E-state index contributed by atoms with van der Waals surface area (Å²) in [4.78, 5) is 12.7. The van der Waals surface area contributed by atoms with Crippen molar-refractivity contribution in [3.8, 4) is 0 Å². The highest BCUT2D eigenvalue weighted by Gasteiger charge is 2.31. The van der Waals surface area contributed by atoms with Gasteiger partial charge in [0.2, 0.25) is 0 Å². The summed E-state index contributed by atoms with van der Waals surface area (Å²) in [6.07, 6.45) is -1.09. The zero-order chi connectivity index (χ0) is 11.7. The van der Waals surface area contributed by atoms with E-state index in [2.05, 4.69) is 0 Å². The molecule has 86 valence electrons. The average Bonchev–Trinajstić information content (AvgIpc) is 2.64. The number of hydrogen-bond donors (Lipinski definition) is 1. The molecule has 0 bridgehead atoms. The van der Waals surface area contributed by atoms with Crippen molar-refractivity contribution >= 4 is 34.4 Å². The van der Waals surface area contributed by atoms with Crippen molar-refractivity contribution in [1.82, 2.24) is 0 Å². The molecule has 0 saturated carbocycles. The maximum absolute atomic E-state index is 13.3. The molecule has 2 rings (SSSR count). The van der Waals surface area contributed by atoms with Crippen molar-refractivity contribution in [3.05, 3.63) is 27.6 Å². The number of aliphatic hydroxyl groups excluding tert-OH is 1. The van der Waals surface area contributed by atoms with Crippen molar-refractivity contribution in [2.75, 3.05) is 18.1 Å². The van der Waals surface area contributed by atoms with Crippen LogP contribution >= 0.6 is 22.6 Å². The Morgan fingerprint density at radius 2 is 2.38 bits per heavy atom. The largest absolute Gasteiger partial charge is 0.441 e. The SMILES string of the molecule is O=C1OC(CO)CN1c1ccc(I)c(F)c1. The van der Waals surface area contributed by atoms with Gasteiger partial charge in [-0.2, -0.15) is 0 Å². The van der Waals surface area contributed by atoms with Crippen LogP contribution < -0.4 is 4.90 Å². The second-order valence-electron chi connectivity index (χ2n) is 3.40. The zero-order valence-corrected chi connectivity index (χ0v) is 10.3. The Morgan fingerprint density at radius 3 is 2.94 bits per heavy atom. The van der Waals surface area contributed by atoms with Crippen molar-refractivity contribution < 1.29 is 19.0 Å². The summed E-state index contributed by atoms with van der Waals surface area (Å²) in [5, 5.41) is 8.87. The van der Waals surface area contributed by atoms with E-state index in [0.717, 1.165) is 0 Å². The number of anilines is 1. The van der Waals surface area contributed by atoms with E-state index in [-0.39, 0.29) is 19.0 Å². The lowest BCUT2D eigenvalue weighted by molar-refractivity contribution is 0.0963. The molecule has 1 atom stereocenters. The smallest absolute Gasteiger partial charge is 0.414 e. The van der Waals surface area contributed by atoms with Gasteiger partial charge in [0.05, 0.1) is 18.8 Å². The predicted molar refractivity (Wildman–Crippen MR) is 63.8 cm³/mol. The lowest BCUT2D eigenvalue weighted by atomic mass is 10.2. The Bertz CT molecular complexity index is 427. The Labute approximate surface area is 105 Å². The minimum Gasteiger partial charge on any atom is -0.441 e. The van der Waals surface area contributed by atoms with Crippen LogP contribution in [0.2, 0.25) is 0 Å². The fourth-order valence-corrected chi connectivity index (χ4v) is 1.82. The van der Waals surface area contributed by atoms with Crippen LogP contribution in [0.25, 0.3) is 0 Å². The van der Waals surface area contributed by atoms with Crippen molar-refractivity contribution in [2.24, 2.45) is 0 Å². The molecule has 0 aliphatic carbocycles. The maximum atomic E-state index is 13.3. The van der Waals surface area contributed by atoms with Crippen LogP contribution in [0.4, 0.5) is 14.9 Å². The molecule has 16 heavy (non-hydrogen) atoms. The first-order chi connectivity index (χ1) is 7.61. The number of aliphatic hydroxyl groups is 1. The molecule has 6 heteroatoms. The minimum atomic E-state index is -0.556. The third-order valence-electron chi connectivity index (χ3n) is 2.29. The quantitative estimate of drug-likeness (QED) is 0.837. The lowest BCUT2D eigenvalue weighted by Crippen LogP contribution is -2.25. The topological polar surface area (TPSA) is 49.8 Å². The molecule has 1 fully saturated rings. The lowest BCUT2D eigenvalue weighted by Gasteiger charge is -2.12. The van der Waals surface area contributed by atoms with E-state index in [9.17, 15) is 9.18 Å². The summed E-state index contributed by atoms with van der Waals surface area (Å²) < 4.78 is 18.7. The Kier molecular flexibility index (Phi) is 3.29. The van der Waals surface area contributed by atoms with Crippen LogP contribution in [0.1, 0.15) is 0 Å². The molecular formula is C10H9FINO3. The summed E-state index contributed by atoms with van der Waals surface area (Å²) >= 11 is 1.87. The molecule has 1 amide bonds. The number of ether oxygens (including phenoxy) is 1. The number of rotatable bonds is 2. The molecule has 4 nitrogen and oxygen atoms in total. The molecule has 1 aliphatic rings. The summed E-state index contributed by atoms with van der Waals surface area (Å²) in [6.45, 7) is 0.0183. The van der Waals surface area contributed by atoms with E-state index >= 15 is 0 Å². The van der Waals surface area contributed by atoms with Gasteiger partial charge >= 0.3 is 6.09 Å². The Morgan fingerprint density at radius 1 is 1.62 bits per heavy atom. The third kappa shape index (κ3) is 2.12. The number of hydrogen-bond acceptors (Lipinski definition) is 3. The van der Waals surface area contributed by atoms with E-state index in [4.69, 9.17) is 9.84 Å².